The predicted octanol–water partition coefficient (Wildman–Crippen LogP) is 3.76. The van der Waals surface area contributed by atoms with E-state index in [1.165, 1.54) is 6.07 Å². The van der Waals surface area contributed by atoms with Crippen molar-refractivity contribution in [3.05, 3.63) is 23.8 Å². The molecule has 0 aliphatic carbocycles. The number of nitrogens with one attached hydrogen (secondary N) is 1. The monoisotopic (exact) mass is 260 g/mol. The summed E-state index contributed by atoms with van der Waals surface area (Å²) in [5.41, 5.74) is 6.33. The van der Waals surface area contributed by atoms with Crippen LogP contribution in [0.15, 0.2) is 18.2 Å². The highest BCUT2D eigenvalue weighted by Gasteiger charge is 2.12. The van der Waals surface area contributed by atoms with Crippen molar-refractivity contribution in [1.29, 1.82) is 0 Å². The van der Waals surface area contributed by atoms with E-state index >= 15 is 0 Å². The van der Waals surface area contributed by atoms with E-state index in [9.17, 15) is 8.78 Å². The standard InChI is InChI=1S/C12H18F2N2S/c1-2-17-7-3-6-16-11-5-4-9(15)8-10(11)12(13)14/h4-5,8,12,16H,2-3,6-7,15H2,1H3. The zero-order valence-corrected chi connectivity index (χ0v) is 10.7. The summed E-state index contributed by atoms with van der Waals surface area (Å²) in [6.45, 7) is 2.81. The number of rotatable bonds is 7. The van der Waals surface area contributed by atoms with Crippen LogP contribution in [0.5, 0.6) is 0 Å². The Hall–Kier alpha value is -0.970. The molecule has 1 aromatic rings. The quantitative estimate of drug-likeness (QED) is 0.579. The number of anilines is 2. The van der Waals surface area contributed by atoms with Crippen LogP contribution in [0.4, 0.5) is 20.2 Å². The first-order valence-corrected chi connectivity index (χ1v) is 6.79. The predicted molar refractivity (Wildman–Crippen MR) is 71.9 cm³/mol. The molecule has 0 saturated carbocycles. The molecule has 0 fully saturated rings. The average Bonchev–Trinajstić information content (AvgIpc) is 2.30. The molecule has 0 unspecified atom stereocenters. The summed E-state index contributed by atoms with van der Waals surface area (Å²) >= 11 is 1.85. The van der Waals surface area contributed by atoms with Crippen LogP contribution < -0.4 is 11.1 Å². The van der Waals surface area contributed by atoms with E-state index in [-0.39, 0.29) is 5.56 Å². The van der Waals surface area contributed by atoms with E-state index in [1.807, 2.05) is 11.8 Å². The molecule has 17 heavy (non-hydrogen) atoms. The molecule has 5 heteroatoms. The van der Waals surface area contributed by atoms with Gasteiger partial charge < -0.3 is 11.1 Å². The first-order chi connectivity index (χ1) is 8.15. The van der Waals surface area contributed by atoms with Gasteiger partial charge in [-0.05, 0) is 36.1 Å². The van der Waals surface area contributed by atoms with Crippen LogP contribution in [0.3, 0.4) is 0 Å². The molecule has 3 N–H and O–H groups in total. The number of nitrogen functional groups attached to an aromatic ring is 1. The van der Waals surface area contributed by atoms with Crippen molar-refractivity contribution >= 4 is 23.1 Å². The third kappa shape index (κ3) is 4.81. The lowest BCUT2D eigenvalue weighted by atomic mass is 10.1. The normalized spacial score (nSPS) is 10.8. The Kier molecular flexibility index (Phi) is 6.11. The fraction of sp³-hybridized carbons (Fsp3) is 0.500. The van der Waals surface area contributed by atoms with E-state index in [4.69, 9.17) is 5.73 Å². The summed E-state index contributed by atoms with van der Waals surface area (Å²) in [5, 5.41) is 3.03. The molecule has 0 aliphatic rings. The number of thioether (sulfide) groups is 1. The Morgan fingerprint density at radius 3 is 2.82 bits per heavy atom. The van der Waals surface area contributed by atoms with Gasteiger partial charge in [-0.15, -0.1) is 0 Å². The van der Waals surface area contributed by atoms with Crippen LogP contribution in [-0.4, -0.2) is 18.1 Å². The Bertz CT molecular complexity index is 345. The Morgan fingerprint density at radius 2 is 2.18 bits per heavy atom. The fourth-order valence-corrected chi connectivity index (χ4v) is 2.10. The summed E-state index contributed by atoms with van der Waals surface area (Å²) in [5.74, 6) is 2.13. The summed E-state index contributed by atoms with van der Waals surface area (Å²) < 4.78 is 25.5. The highest BCUT2D eigenvalue weighted by molar-refractivity contribution is 7.99. The molecule has 96 valence electrons. The van der Waals surface area contributed by atoms with Crippen molar-refractivity contribution in [2.45, 2.75) is 19.8 Å². The fourth-order valence-electron chi connectivity index (χ4n) is 1.46. The second-order valence-electron chi connectivity index (χ2n) is 3.62. The Labute approximate surface area is 105 Å². The van der Waals surface area contributed by atoms with Crippen LogP contribution >= 0.6 is 11.8 Å². The number of hydrogen-bond acceptors (Lipinski definition) is 3. The van der Waals surface area contributed by atoms with Crippen molar-refractivity contribution in [3.63, 3.8) is 0 Å². The van der Waals surface area contributed by atoms with Crippen molar-refractivity contribution in [2.75, 3.05) is 29.1 Å². The molecule has 0 spiro atoms. The second-order valence-corrected chi connectivity index (χ2v) is 5.02. The van der Waals surface area contributed by atoms with E-state index in [2.05, 4.69) is 12.2 Å². The van der Waals surface area contributed by atoms with Crippen LogP contribution in [0.25, 0.3) is 0 Å². The van der Waals surface area contributed by atoms with Gasteiger partial charge in [0.05, 0.1) is 0 Å². The number of nitrogens with two attached hydrogens (primary N) is 1. The Balaban J connectivity index is 2.52. The van der Waals surface area contributed by atoms with Crippen molar-refractivity contribution in [3.8, 4) is 0 Å². The van der Waals surface area contributed by atoms with Crippen LogP contribution in [0.1, 0.15) is 25.3 Å². The van der Waals surface area contributed by atoms with Gasteiger partial charge in [-0.1, -0.05) is 6.92 Å². The number of halogens is 2. The van der Waals surface area contributed by atoms with Gasteiger partial charge in [0.25, 0.3) is 6.43 Å². The maximum Gasteiger partial charge on any atom is 0.265 e. The maximum absolute atomic E-state index is 12.7. The third-order valence-corrected chi connectivity index (χ3v) is 3.28. The van der Waals surface area contributed by atoms with Crippen molar-refractivity contribution in [2.24, 2.45) is 0 Å². The molecular formula is C12H18F2N2S. The molecular weight excluding hydrogens is 242 g/mol. The minimum atomic E-state index is -2.49. The number of alkyl halides is 2. The molecule has 0 amide bonds. The zero-order chi connectivity index (χ0) is 12.7. The van der Waals surface area contributed by atoms with E-state index < -0.39 is 6.43 Å². The lowest BCUT2D eigenvalue weighted by Gasteiger charge is -2.12. The molecule has 0 aromatic heterocycles. The molecule has 0 aliphatic heterocycles. The van der Waals surface area contributed by atoms with Gasteiger partial charge >= 0.3 is 0 Å². The molecule has 0 heterocycles. The lowest BCUT2D eigenvalue weighted by molar-refractivity contribution is 0.152. The van der Waals surface area contributed by atoms with Gasteiger partial charge in [0.2, 0.25) is 0 Å². The first-order valence-electron chi connectivity index (χ1n) is 5.64. The third-order valence-electron chi connectivity index (χ3n) is 2.30. The van der Waals surface area contributed by atoms with Crippen LogP contribution in [0.2, 0.25) is 0 Å². The van der Waals surface area contributed by atoms with Gasteiger partial charge in [-0.25, -0.2) is 8.78 Å². The summed E-state index contributed by atoms with van der Waals surface area (Å²) in [4.78, 5) is 0. The second kappa shape index (κ2) is 7.37. The maximum atomic E-state index is 12.7. The molecule has 1 rings (SSSR count). The minimum absolute atomic E-state index is 0.0202. The van der Waals surface area contributed by atoms with Crippen LogP contribution in [0, 0.1) is 0 Å². The van der Waals surface area contributed by atoms with Crippen LogP contribution in [-0.2, 0) is 0 Å². The van der Waals surface area contributed by atoms with Crippen molar-refractivity contribution < 1.29 is 8.78 Å². The van der Waals surface area contributed by atoms with Gasteiger partial charge in [0.1, 0.15) is 0 Å². The van der Waals surface area contributed by atoms with Crippen molar-refractivity contribution in [1.82, 2.24) is 0 Å². The van der Waals surface area contributed by atoms with E-state index in [0.717, 1.165) is 17.9 Å². The average molecular weight is 260 g/mol. The highest BCUT2D eigenvalue weighted by atomic mass is 32.2. The molecule has 1 aromatic carbocycles. The van der Waals surface area contributed by atoms with E-state index in [0.29, 0.717) is 17.9 Å². The Morgan fingerprint density at radius 1 is 1.41 bits per heavy atom. The highest BCUT2D eigenvalue weighted by Crippen LogP contribution is 2.28. The molecule has 0 bridgehead atoms. The summed E-state index contributed by atoms with van der Waals surface area (Å²) in [6.07, 6.45) is -1.53. The topological polar surface area (TPSA) is 38.0 Å². The van der Waals surface area contributed by atoms with Gasteiger partial charge in [-0.2, -0.15) is 11.8 Å². The molecule has 0 atom stereocenters. The largest absolute Gasteiger partial charge is 0.399 e. The van der Waals surface area contributed by atoms with Gasteiger partial charge in [0.15, 0.2) is 0 Å². The molecule has 0 saturated heterocycles. The molecule has 2 nitrogen and oxygen atoms in total. The zero-order valence-electron chi connectivity index (χ0n) is 9.88. The van der Waals surface area contributed by atoms with Gasteiger partial charge in [0, 0.05) is 23.5 Å². The smallest absolute Gasteiger partial charge is 0.265 e. The summed E-state index contributed by atoms with van der Waals surface area (Å²) in [6, 6.07) is 4.58. The van der Waals surface area contributed by atoms with E-state index in [1.54, 1.807) is 12.1 Å². The summed E-state index contributed by atoms with van der Waals surface area (Å²) in [7, 11) is 0. The minimum Gasteiger partial charge on any atom is -0.399 e. The lowest BCUT2D eigenvalue weighted by Crippen LogP contribution is -2.06. The number of benzene rings is 1. The SMILES string of the molecule is CCSCCCNc1ccc(N)cc1C(F)F. The number of hydrogen-bond donors (Lipinski definition) is 2. The first kappa shape index (κ1) is 14.1. The molecule has 0 radical (unpaired) electrons. The van der Waals surface area contributed by atoms with Gasteiger partial charge in [-0.3, -0.25) is 0 Å².